The quantitative estimate of drug-likeness (QED) is 0.720. The first-order chi connectivity index (χ1) is 14.0. The lowest BCUT2D eigenvalue weighted by molar-refractivity contribution is 0.0724. The molecule has 0 bridgehead atoms. The average Bonchev–Trinajstić information content (AvgIpc) is 2.74. The summed E-state index contributed by atoms with van der Waals surface area (Å²) in [4.78, 5) is 27.2. The second-order valence-electron chi connectivity index (χ2n) is 7.91. The fourth-order valence-electron chi connectivity index (χ4n) is 3.36. The molecule has 0 radical (unpaired) electrons. The van der Waals surface area contributed by atoms with Crippen molar-refractivity contribution in [2.75, 3.05) is 25.0 Å². The molecule has 0 saturated carbocycles. The molecule has 0 spiro atoms. The summed E-state index contributed by atoms with van der Waals surface area (Å²) in [5.74, 6) is 0.969. The summed E-state index contributed by atoms with van der Waals surface area (Å²) in [6, 6.07) is 14.4. The van der Waals surface area contributed by atoms with Crippen LogP contribution in [0.3, 0.4) is 0 Å². The van der Waals surface area contributed by atoms with Crippen LogP contribution in [-0.2, 0) is 0 Å². The maximum atomic E-state index is 12.7. The first kappa shape index (κ1) is 20.9. The summed E-state index contributed by atoms with van der Waals surface area (Å²) in [7, 11) is 0. The van der Waals surface area contributed by atoms with Crippen molar-refractivity contribution >= 4 is 17.5 Å². The Kier molecular flexibility index (Phi) is 7.28. The van der Waals surface area contributed by atoms with Crippen LogP contribution in [0.25, 0.3) is 0 Å². The Morgan fingerprint density at radius 1 is 1.00 bits per heavy atom. The topological polar surface area (TPSA) is 58.6 Å². The summed E-state index contributed by atoms with van der Waals surface area (Å²) in [6.45, 7) is 6.51. The standard InChI is InChI=1S/C24H30N2O3/c1-18(2)14-17-29-22-9-5-4-8-21(22)23(27)25-20-12-10-19(11-13-20)24(28)26-15-6-3-7-16-26/h4-5,8-13,18H,3,6-7,14-17H2,1-2H3,(H,25,27). The van der Waals surface area contributed by atoms with Gasteiger partial charge in [-0.3, -0.25) is 9.59 Å². The van der Waals surface area contributed by atoms with Gasteiger partial charge in [0, 0.05) is 24.3 Å². The van der Waals surface area contributed by atoms with E-state index in [-0.39, 0.29) is 11.8 Å². The fraction of sp³-hybridized carbons (Fsp3) is 0.417. The van der Waals surface area contributed by atoms with Gasteiger partial charge in [0.15, 0.2) is 0 Å². The first-order valence-electron chi connectivity index (χ1n) is 10.5. The average molecular weight is 395 g/mol. The number of carbonyl (C=O) groups is 2. The number of hydrogen-bond acceptors (Lipinski definition) is 3. The number of rotatable bonds is 7. The van der Waals surface area contributed by atoms with Crippen LogP contribution >= 0.6 is 0 Å². The van der Waals surface area contributed by atoms with Crippen molar-refractivity contribution in [1.29, 1.82) is 0 Å². The summed E-state index contributed by atoms with van der Waals surface area (Å²) < 4.78 is 5.81. The number of piperidine rings is 1. The van der Waals surface area contributed by atoms with Crippen molar-refractivity contribution in [2.45, 2.75) is 39.5 Å². The largest absolute Gasteiger partial charge is 0.493 e. The van der Waals surface area contributed by atoms with Gasteiger partial charge in [0.2, 0.25) is 0 Å². The van der Waals surface area contributed by atoms with Crippen molar-refractivity contribution < 1.29 is 14.3 Å². The molecule has 0 aromatic heterocycles. The third-order valence-electron chi connectivity index (χ3n) is 5.12. The molecule has 2 amide bonds. The van der Waals surface area contributed by atoms with Crippen LogP contribution < -0.4 is 10.1 Å². The third-order valence-corrected chi connectivity index (χ3v) is 5.12. The molecule has 0 unspecified atom stereocenters. The van der Waals surface area contributed by atoms with Gasteiger partial charge in [0.05, 0.1) is 12.2 Å². The van der Waals surface area contributed by atoms with Gasteiger partial charge >= 0.3 is 0 Å². The van der Waals surface area contributed by atoms with Gasteiger partial charge in [-0.1, -0.05) is 26.0 Å². The van der Waals surface area contributed by atoms with Crippen LogP contribution in [0.1, 0.15) is 60.2 Å². The number of ether oxygens (including phenoxy) is 1. The highest BCUT2D eigenvalue weighted by Crippen LogP contribution is 2.21. The molecule has 1 aliphatic rings. The zero-order valence-electron chi connectivity index (χ0n) is 17.3. The Labute approximate surface area is 173 Å². The summed E-state index contributed by atoms with van der Waals surface area (Å²) in [5, 5.41) is 2.90. The highest BCUT2D eigenvalue weighted by Gasteiger charge is 2.18. The van der Waals surface area contributed by atoms with Gasteiger partial charge in [-0.25, -0.2) is 0 Å². The minimum Gasteiger partial charge on any atom is -0.493 e. The minimum absolute atomic E-state index is 0.0616. The molecule has 0 aliphatic carbocycles. The van der Waals surface area contributed by atoms with Crippen LogP contribution in [0.15, 0.2) is 48.5 Å². The smallest absolute Gasteiger partial charge is 0.259 e. The van der Waals surface area contributed by atoms with Gasteiger partial charge in [-0.15, -0.1) is 0 Å². The molecular formula is C24H30N2O3. The zero-order chi connectivity index (χ0) is 20.6. The maximum Gasteiger partial charge on any atom is 0.259 e. The number of benzene rings is 2. The van der Waals surface area contributed by atoms with Crippen molar-refractivity contribution in [3.05, 3.63) is 59.7 Å². The minimum atomic E-state index is -0.222. The lowest BCUT2D eigenvalue weighted by Gasteiger charge is -2.26. The molecule has 1 saturated heterocycles. The van der Waals surface area contributed by atoms with E-state index >= 15 is 0 Å². The van der Waals surface area contributed by atoms with Crippen LogP contribution in [0.5, 0.6) is 5.75 Å². The number of carbonyl (C=O) groups excluding carboxylic acids is 2. The van der Waals surface area contributed by atoms with Crippen molar-refractivity contribution in [3.8, 4) is 5.75 Å². The Morgan fingerprint density at radius 2 is 1.69 bits per heavy atom. The first-order valence-corrected chi connectivity index (χ1v) is 10.5. The highest BCUT2D eigenvalue weighted by molar-refractivity contribution is 6.06. The molecule has 1 N–H and O–H groups in total. The summed E-state index contributed by atoms with van der Waals surface area (Å²) in [6.07, 6.45) is 4.26. The number of para-hydroxylation sites is 1. The Bertz CT molecular complexity index is 824. The second kappa shape index (κ2) is 10.1. The predicted octanol–water partition coefficient (Wildman–Crippen LogP) is 4.99. The number of amides is 2. The van der Waals surface area contributed by atoms with E-state index in [9.17, 15) is 9.59 Å². The normalized spacial score (nSPS) is 14.0. The van der Waals surface area contributed by atoms with E-state index < -0.39 is 0 Å². The SMILES string of the molecule is CC(C)CCOc1ccccc1C(=O)Nc1ccc(C(=O)N2CCCCC2)cc1. The molecule has 5 heteroatoms. The third kappa shape index (κ3) is 5.83. The summed E-state index contributed by atoms with van der Waals surface area (Å²) >= 11 is 0. The molecule has 1 heterocycles. The molecule has 1 fully saturated rings. The van der Waals surface area contributed by atoms with Crippen LogP contribution in [0.4, 0.5) is 5.69 Å². The van der Waals surface area contributed by atoms with Gasteiger partial charge in [0.25, 0.3) is 11.8 Å². The van der Waals surface area contributed by atoms with Crippen LogP contribution in [0, 0.1) is 5.92 Å². The lowest BCUT2D eigenvalue weighted by atomic mass is 10.1. The number of likely N-dealkylation sites (tertiary alicyclic amines) is 1. The molecule has 5 nitrogen and oxygen atoms in total. The number of anilines is 1. The molecule has 3 rings (SSSR count). The number of nitrogens with zero attached hydrogens (tertiary/aromatic N) is 1. The van der Waals surface area contributed by atoms with Crippen LogP contribution in [0.2, 0.25) is 0 Å². The molecule has 1 aliphatic heterocycles. The van der Waals surface area contributed by atoms with Gasteiger partial charge < -0.3 is 15.0 Å². The zero-order valence-corrected chi connectivity index (χ0v) is 17.3. The van der Waals surface area contributed by atoms with Crippen molar-refractivity contribution in [3.63, 3.8) is 0 Å². The Hall–Kier alpha value is -2.82. The molecule has 154 valence electrons. The monoisotopic (exact) mass is 394 g/mol. The molecule has 29 heavy (non-hydrogen) atoms. The molecule has 2 aromatic carbocycles. The number of nitrogens with one attached hydrogen (secondary N) is 1. The lowest BCUT2D eigenvalue weighted by Crippen LogP contribution is -2.35. The molecule has 0 atom stereocenters. The van der Waals surface area contributed by atoms with E-state index in [2.05, 4.69) is 19.2 Å². The van der Waals surface area contributed by atoms with Crippen molar-refractivity contribution in [2.24, 2.45) is 5.92 Å². The maximum absolute atomic E-state index is 12.7. The second-order valence-corrected chi connectivity index (χ2v) is 7.91. The number of hydrogen-bond donors (Lipinski definition) is 1. The highest BCUT2D eigenvalue weighted by atomic mass is 16.5. The van der Waals surface area contributed by atoms with Crippen LogP contribution in [-0.4, -0.2) is 36.4 Å². The van der Waals surface area contributed by atoms with E-state index in [1.165, 1.54) is 6.42 Å². The molecule has 2 aromatic rings. The fourth-order valence-corrected chi connectivity index (χ4v) is 3.36. The summed E-state index contributed by atoms with van der Waals surface area (Å²) in [5.41, 5.74) is 1.81. The van der Waals surface area contributed by atoms with E-state index in [1.54, 1.807) is 30.3 Å². The van der Waals surface area contributed by atoms with Crippen molar-refractivity contribution in [1.82, 2.24) is 4.90 Å². The van der Waals surface area contributed by atoms with E-state index in [4.69, 9.17) is 4.74 Å². The van der Waals surface area contributed by atoms with Gasteiger partial charge in [-0.2, -0.15) is 0 Å². The van der Waals surface area contributed by atoms with Gasteiger partial charge in [-0.05, 0) is 68.0 Å². The van der Waals surface area contributed by atoms with E-state index in [0.717, 1.165) is 32.4 Å². The predicted molar refractivity (Wildman–Crippen MR) is 116 cm³/mol. The molecular weight excluding hydrogens is 364 g/mol. The van der Waals surface area contributed by atoms with E-state index in [1.807, 2.05) is 23.1 Å². The van der Waals surface area contributed by atoms with Gasteiger partial charge in [0.1, 0.15) is 5.75 Å². The Balaban J connectivity index is 1.63. The Morgan fingerprint density at radius 3 is 2.38 bits per heavy atom. The van der Waals surface area contributed by atoms with E-state index in [0.29, 0.717) is 35.1 Å².